The fourth-order valence-corrected chi connectivity index (χ4v) is 2.02. The highest BCUT2D eigenvalue weighted by atomic mass is 14.3. The van der Waals surface area contributed by atoms with Crippen LogP contribution < -0.4 is 0 Å². The summed E-state index contributed by atoms with van der Waals surface area (Å²) in [7, 11) is 0. The van der Waals surface area contributed by atoms with Crippen molar-refractivity contribution in [1.82, 2.24) is 0 Å². The van der Waals surface area contributed by atoms with E-state index in [0.29, 0.717) is 0 Å². The minimum atomic E-state index is -0.501. The normalized spacial score (nSPS) is 11.4. The smallest absolute Gasteiger partial charge is 0.0766 e. The molecular formula is C18H25N. The number of allylic oxidation sites excluding steroid dienone is 1. The molecule has 19 heavy (non-hydrogen) atoms. The van der Waals surface area contributed by atoms with E-state index >= 15 is 0 Å². The third kappa shape index (κ3) is 4.56. The van der Waals surface area contributed by atoms with Crippen LogP contribution in [0.15, 0.2) is 30.8 Å². The van der Waals surface area contributed by atoms with Crippen molar-refractivity contribution in [3.05, 3.63) is 42.0 Å². The van der Waals surface area contributed by atoms with Crippen LogP contribution in [0.25, 0.3) is 5.57 Å². The Morgan fingerprint density at radius 2 is 1.84 bits per heavy atom. The molecule has 1 aromatic carbocycles. The van der Waals surface area contributed by atoms with Gasteiger partial charge in [0, 0.05) is 0 Å². The number of hydrogen-bond donors (Lipinski definition) is 0. The van der Waals surface area contributed by atoms with Crippen molar-refractivity contribution in [2.24, 2.45) is 11.3 Å². The van der Waals surface area contributed by atoms with E-state index in [2.05, 4.69) is 50.8 Å². The highest BCUT2D eigenvalue weighted by Crippen LogP contribution is 2.32. The molecule has 0 aromatic heterocycles. The van der Waals surface area contributed by atoms with Crippen molar-refractivity contribution >= 4 is 5.57 Å². The molecule has 0 spiro atoms. The van der Waals surface area contributed by atoms with Gasteiger partial charge >= 0.3 is 0 Å². The molecule has 0 unspecified atom stereocenters. The molecule has 0 heterocycles. The third-order valence-electron chi connectivity index (χ3n) is 3.58. The molecule has 1 nitrogen and oxygen atoms in total. The summed E-state index contributed by atoms with van der Waals surface area (Å²) in [6, 6.07) is 10.8. The van der Waals surface area contributed by atoms with Crippen LogP contribution in [0.2, 0.25) is 0 Å². The molecule has 1 aromatic rings. The molecule has 0 aliphatic rings. The first kappa shape index (κ1) is 15.5. The predicted octanol–water partition coefficient (Wildman–Crippen LogP) is 5.23. The number of rotatable bonds is 6. The topological polar surface area (TPSA) is 23.8 Å². The Balaban J connectivity index is 2.67. The van der Waals surface area contributed by atoms with Crippen LogP contribution in [0.4, 0.5) is 0 Å². The molecule has 0 N–H and O–H groups in total. The van der Waals surface area contributed by atoms with Crippen LogP contribution in [-0.2, 0) is 6.42 Å². The van der Waals surface area contributed by atoms with Gasteiger partial charge in [-0.1, -0.05) is 51.1 Å². The van der Waals surface area contributed by atoms with Crippen molar-refractivity contribution in [3.8, 4) is 6.07 Å². The van der Waals surface area contributed by atoms with Crippen LogP contribution >= 0.6 is 0 Å². The van der Waals surface area contributed by atoms with Crippen molar-refractivity contribution in [2.75, 3.05) is 0 Å². The van der Waals surface area contributed by atoms with Gasteiger partial charge in [-0.3, -0.25) is 0 Å². The average Bonchev–Trinajstić information content (AvgIpc) is 2.38. The Morgan fingerprint density at radius 1 is 1.26 bits per heavy atom. The van der Waals surface area contributed by atoms with E-state index in [4.69, 9.17) is 5.26 Å². The number of benzene rings is 1. The zero-order valence-corrected chi connectivity index (χ0v) is 12.7. The number of nitriles is 1. The lowest BCUT2D eigenvalue weighted by molar-refractivity contribution is 0.556. The van der Waals surface area contributed by atoms with Crippen LogP contribution in [0, 0.1) is 22.7 Å². The first-order valence-corrected chi connectivity index (χ1v) is 7.07. The molecule has 102 valence electrons. The van der Waals surface area contributed by atoms with Crippen LogP contribution in [0.1, 0.15) is 51.7 Å². The molecule has 0 aliphatic carbocycles. The summed E-state index contributed by atoms with van der Waals surface area (Å²) < 4.78 is 0. The molecule has 1 rings (SSSR count). The Hall–Kier alpha value is -1.55. The monoisotopic (exact) mass is 255 g/mol. The molecule has 0 aliphatic heterocycles. The number of hydrogen-bond acceptors (Lipinski definition) is 1. The summed E-state index contributed by atoms with van der Waals surface area (Å²) in [4.78, 5) is 0. The van der Waals surface area contributed by atoms with E-state index in [0.717, 1.165) is 23.5 Å². The zero-order chi connectivity index (χ0) is 14.5. The molecule has 1 heteroatoms. The van der Waals surface area contributed by atoms with Crippen molar-refractivity contribution in [2.45, 2.75) is 47.0 Å². The van der Waals surface area contributed by atoms with Crippen molar-refractivity contribution in [1.29, 1.82) is 5.26 Å². The highest BCUT2D eigenvalue weighted by molar-refractivity contribution is 5.70. The Labute approximate surface area is 118 Å². The second kappa shape index (κ2) is 6.57. The molecule has 0 atom stereocenters. The van der Waals surface area contributed by atoms with Crippen molar-refractivity contribution < 1.29 is 0 Å². The Morgan fingerprint density at radius 3 is 2.32 bits per heavy atom. The second-order valence-corrected chi connectivity index (χ2v) is 6.20. The lowest BCUT2D eigenvalue weighted by atomic mass is 9.82. The standard InChI is InChI=1S/C18H25N/c1-14(2)7-6-8-16-9-11-17(12-10-16)15(3)18(4,5)13-19/h9-12,14H,3,6-8H2,1-2,4-5H3. The maximum absolute atomic E-state index is 9.14. The maximum atomic E-state index is 9.14. The summed E-state index contributed by atoms with van der Waals surface area (Å²) >= 11 is 0. The lowest BCUT2D eigenvalue weighted by Gasteiger charge is -2.19. The van der Waals surface area contributed by atoms with Crippen molar-refractivity contribution in [3.63, 3.8) is 0 Å². The van der Waals surface area contributed by atoms with Gasteiger partial charge in [0.2, 0.25) is 0 Å². The molecule has 0 saturated carbocycles. The molecule has 0 bridgehead atoms. The van der Waals surface area contributed by atoms with Gasteiger partial charge < -0.3 is 0 Å². The molecular weight excluding hydrogens is 230 g/mol. The van der Waals surface area contributed by atoms with Crippen LogP contribution in [0.3, 0.4) is 0 Å². The van der Waals surface area contributed by atoms with E-state index in [1.807, 2.05) is 13.8 Å². The van der Waals surface area contributed by atoms with Gasteiger partial charge in [-0.15, -0.1) is 0 Å². The Kier molecular flexibility index (Phi) is 5.36. The van der Waals surface area contributed by atoms with Gasteiger partial charge in [-0.05, 0) is 49.3 Å². The third-order valence-corrected chi connectivity index (χ3v) is 3.58. The Bertz CT molecular complexity index is 457. The quantitative estimate of drug-likeness (QED) is 0.683. The van der Waals surface area contributed by atoms with E-state index in [-0.39, 0.29) is 0 Å². The molecule has 0 radical (unpaired) electrons. The van der Waals surface area contributed by atoms with Gasteiger partial charge in [0.25, 0.3) is 0 Å². The highest BCUT2D eigenvalue weighted by Gasteiger charge is 2.21. The summed E-state index contributed by atoms with van der Waals surface area (Å²) in [5.74, 6) is 0.774. The van der Waals surface area contributed by atoms with Gasteiger partial charge in [-0.25, -0.2) is 0 Å². The molecule has 0 amide bonds. The first-order chi connectivity index (χ1) is 8.86. The maximum Gasteiger partial charge on any atom is 0.0766 e. The summed E-state index contributed by atoms with van der Waals surface area (Å²) in [5.41, 5.74) is 2.83. The minimum absolute atomic E-state index is 0.501. The van der Waals surface area contributed by atoms with E-state index in [1.54, 1.807) is 0 Å². The largest absolute Gasteiger partial charge is 0.197 e. The molecule has 0 saturated heterocycles. The number of aryl methyl sites for hydroxylation is 1. The SMILES string of the molecule is C=C(c1ccc(CCCC(C)C)cc1)C(C)(C)C#N. The van der Waals surface area contributed by atoms with Crippen LogP contribution in [-0.4, -0.2) is 0 Å². The first-order valence-electron chi connectivity index (χ1n) is 7.07. The fraction of sp³-hybridized carbons (Fsp3) is 0.500. The van der Waals surface area contributed by atoms with Gasteiger partial charge in [0.05, 0.1) is 11.5 Å². The number of nitrogens with zero attached hydrogens (tertiary/aromatic N) is 1. The summed E-state index contributed by atoms with van der Waals surface area (Å²) in [6.45, 7) is 12.4. The lowest BCUT2D eigenvalue weighted by Crippen LogP contribution is -2.09. The van der Waals surface area contributed by atoms with Gasteiger partial charge in [-0.2, -0.15) is 5.26 Å². The summed E-state index contributed by atoms with van der Waals surface area (Å²) in [5, 5.41) is 9.14. The second-order valence-electron chi connectivity index (χ2n) is 6.20. The van der Waals surface area contributed by atoms with E-state index in [1.165, 1.54) is 18.4 Å². The minimum Gasteiger partial charge on any atom is -0.197 e. The summed E-state index contributed by atoms with van der Waals surface area (Å²) in [6.07, 6.45) is 3.64. The predicted molar refractivity (Wildman–Crippen MR) is 82.6 cm³/mol. The molecule has 0 fully saturated rings. The fourth-order valence-electron chi connectivity index (χ4n) is 2.02. The average molecular weight is 255 g/mol. The van der Waals surface area contributed by atoms with E-state index < -0.39 is 5.41 Å². The van der Waals surface area contributed by atoms with Crippen LogP contribution in [0.5, 0.6) is 0 Å². The van der Waals surface area contributed by atoms with Gasteiger partial charge in [0.1, 0.15) is 0 Å². The van der Waals surface area contributed by atoms with Gasteiger partial charge in [0.15, 0.2) is 0 Å². The zero-order valence-electron chi connectivity index (χ0n) is 12.7. The van der Waals surface area contributed by atoms with E-state index in [9.17, 15) is 0 Å².